The van der Waals surface area contributed by atoms with Crippen molar-refractivity contribution < 1.29 is 4.42 Å². The quantitative estimate of drug-likeness (QED) is 0.573. The standard InChI is InChI=1S/C10H9NOS/c13-11-6-5-8-7-12-10-4-2-1-3-9(8)10/h1-4,6-7,13H,5H2/b11-6+. The van der Waals surface area contributed by atoms with Gasteiger partial charge in [0.1, 0.15) is 5.58 Å². The fourth-order valence-corrected chi connectivity index (χ4v) is 1.41. The van der Waals surface area contributed by atoms with Gasteiger partial charge >= 0.3 is 0 Å². The van der Waals surface area contributed by atoms with E-state index in [0.29, 0.717) is 0 Å². The van der Waals surface area contributed by atoms with Gasteiger partial charge in [0.05, 0.1) is 6.26 Å². The first-order valence-electron chi connectivity index (χ1n) is 4.03. The summed E-state index contributed by atoms with van der Waals surface area (Å²) in [5.41, 5.74) is 2.07. The Labute approximate surface area is 81.8 Å². The van der Waals surface area contributed by atoms with E-state index in [4.69, 9.17) is 4.42 Å². The van der Waals surface area contributed by atoms with Crippen molar-refractivity contribution in [2.45, 2.75) is 6.42 Å². The minimum atomic E-state index is 0.764. The Bertz CT molecular complexity index is 433. The molecule has 0 saturated heterocycles. The lowest BCUT2D eigenvalue weighted by molar-refractivity contribution is 0.612. The summed E-state index contributed by atoms with van der Waals surface area (Å²) in [5.74, 6) is 0. The van der Waals surface area contributed by atoms with E-state index in [2.05, 4.69) is 17.2 Å². The second-order valence-electron chi connectivity index (χ2n) is 2.76. The van der Waals surface area contributed by atoms with Crippen LogP contribution in [0.3, 0.4) is 0 Å². The van der Waals surface area contributed by atoms with Gasteiger partial charge in [-0.1, -0.05) is 18.2 Å². The first kappa shape index (κ1) is 8.38. The Balaban J connectivity index is 2.45. The van der Waals surface area contributed by atoms with E-state index in [1.807, 2.05) is 24.3 Å². The summed E-state index contributed by atoms with van der Waals surface area (Å²) >= 11 is 3.76. The number of fused-ring (bicyclic) bond motifs is 1. The number of rotatable bonds is 2. The molecule has 3 heteroatoms. The summed E-state index contributed by atoms with van der Waals surface area (Å²) in [4.78, 5) is 0. The largest absolute Gasteiger partial charge is 0.464 e. The van der Waals surface area contributed by atoms with Gasteiger partial charge in [0.25, 0.3) is 0 Å². The molecule has 0 amide bonds. The summed E-state index contributed by atoms with van der Waals surface area (Å²) in [7, 11) is 0. The second-order valence-corrected chi connectivity index (χ2v) is 2.99. The topological polar surface area (TPSA) is 25.5 Å². The molecule has 13 heavy (non-hydrogen) atoms. The lowest BCUT2D eigenvalue weighted by atomic mass is 10.1. The highest BCUT2D eigenvalue weighted by atomic mass is 32.1. The maximum atomic E-state index is 5.36. The molecule has 1 aromatic heterocycles. The molecule has 0 aliphatic rings. The molecule has 0 unspecified atom stereocenters. The number of benzene rings is 1. The Morgan fingerprint density at radius 3 is 3.08 bits per heavy atom. The van der Waals surface area contributed by atoms with Gasteiger partial charge in [0, 0.05) is 23.6 Å². The number of hydrogen-bond acceptors (Lipinski definition) is 3. The molecule has 0 radical (unpaired) electrons. The van der Waals surface area contributed by atoms with Crippen LogP contribution in [0.25, 0.3) is 11.0 Å². The van der Waals surface area contributed by atoms with Gasteiger partial charge in [-0.2, -0.15) is 0 Å². The van der Waals surface area contributed by atoms with Gasteiger partial charge in [-0.15, -0.1) is 0 Å². The molecule has 0 atom stereocenters. The van der Waals surface area contributed by atoms with Crippen LogP contribution in [-0.2, 0) is 6.42 Å². The maximum Gasteiger partial charge on any atom is 0.134 e. The van der Waals surface area contributed by atoms with Crippen LogP contribution in [0.1, 0.15) is 5.56 Å². The molecular weight excluding hydrogens is 182 g/mol. The Hall–Kier alpha value is -1.22. The fraction of sp³-hybridized carbons (Fsp3) is 0.100. The number of para-hydroxylation sites is 1. The lowest BCUT2D eigenvalue weighted by Gasteiger charge is -1.89. The van der Waals surface area contributed by atoms with Crippen molar-refractivity contribution in [3.05, 3.63) is 36.1 Å². The van der Waals surface area contributed by atoms with E-state index in [1.165, 1.54) is 0 Å². The second kappa shape index (κ2) is 3.66. The molecule has 0 aliphatic carbocycles. The molecule has 0 bridgehead atoms. The minimum absolute atomic E-state index is 0.764. The fourth-order valence-electron chi connectivity index (χ4n) is 1.33. The van der Waals surface area contributed by atoms with Gasteiger partial charge in [0.2, 0.25) is 0 Å². The van der Waals surface area contributed by atoms with E-state index in [-0.39, 0.29) is 0 Å². The number of thiol groups is 1. The summed E-state index contributed by atoms with van der Waals surface area (Å²) in [6.45, 7) is 0. The highest BCUT2D eigenvalue weighted by Gasteiger charge is 2.02. The molecule has 1 heterocycles. The average Bonchev–Trinajstić information content (AvgIpc) is 2.58. The molecule has 2 aromatic rings. The van der Waals surface area contributed by atoms with Gasteiger partial charge < -0.3 is 4.42 Å². The summed E-state index contributed by atoms with van der Waals surface area (Å²) < 4.78 is 9.00. The highest BCUT2D eigenvalue weighted by molar-refractivity contribution is 7.78. The van der Waals surface area contributed by atoms with Crippen molar-refractivity contribution in [1.29, 1.82) is 0 Å². The predicted molar refractivity (Wildman–Crippen MR) is 57.4 cm³/mol. The third-order valence-electron chi connectivity index (χ3n) is 1.95. The van der Waals surface area contributed by atoms with Crippen molar-refractivity contribution in [3.63, 3.8) is 0 Å². The Morgan fingerprint density at radius 2 is 2.23 bits per heavy atom. The zero-order valence-corrected chi connectivity index (χ0v) is 7.87. The summed E-state index contributed by atoms with van der Waals surface area (Å²) in [6, 6.07) is 7.96. The van der Waals surface area contributed by atoms with Crippen molar-refractivity contribution in [1.82, 2.24) is 0 Å². The van der Waals surface area contributed by atoms with Crippen LogP contribution in [0.15, 0.2) is 39.3 Å². The van der Waals surface area contributed by atoms with Crippen LogP contribution >= 0.6 is 12.8 Å². The normalized spacial score (nSPS) is 11.5. The smallest absolute Gasteiger partial charge is 0.134 e. The van der Waals surface area contributed by atoms with Crippen molar-refractivity contribution in [2.24, 2.45) is 4.40 Å². The lowest BCUT2D eigenvalue weighted by Crippen LogP contribution is -1.81. The Morgan fingerprint density at radius 1 is 1.38 bits per heavy atom. The van der Waals surface area contributed by atoms with E-state index in [9.17, 15) is 0 Å². The minimum Gasteiger partial charge on any atom is -0.464 e. The Kier molecular flexibility index (Phi) is 2.36. The molecule has 0 fully saturated rings. The van der Waals surface area contributed by atoms with Crippen LogP contribution in [-0.4, -0.2) is 6.21 Å². The predicted octanol–water partition coefficient (Wildman–Crippen LogP) is 2.89. The van der Waals surface area contributed by atoms with E-state index < -0.39 is 0 Å². The van der Waals surface area contributed by atoms with Crippen LogP contribution in [0.5, 0.6) is 0 Å². The third kappa shape index (κ3) is 1.60. The van der Waals surface area contributed by atoms with Crippen molar-refractivity contribution in [2.75, 3.05) is 0 Å². The van der Waals surface area contributed by atoms with Gasteiger partial charge in [-0.25, -0.2) is 4.40 Å². The summed E-state index contributed by atoms with van der Waals surface area (Å²) in [6.07, 6.45) is 4.28. The molecule has 2 nitrogen and oxygen atoms in total. The third-order valence-corrected chi connectivity index (χ3v) is 2.12. The van der Waals surface area contributed by atoms with Gasteiger partial charge in [-0.05, 0) is 18.9 Å². The maximum absolute atomic E-state index is 5.36. The molecule has 2 rings (SSSR count). The summed E-state index contributed by atoms with van der Waals surface area (Å²) in [5, 5.41) is 1.15. The molecule has 0 N–H and O–H groups in total. The SMILES string of the molecule is S/N=C/Cc1coc2ccccc12. The number of nitrogens with zero attached hydrogens (tertiary/aromatic N) is 1. The van der Waals surface area contributed by atoms with Crippen molar-refractivity contribution in [3.8, 4) is 0 Å². The monoisotopic (exact) mass is 191 g/mol. The van der Waals surface area contributed by atoms with E-state index in [1.54, 1.807) is 12.5 Å². The van der Waals surface area contributed by atoms with Gasteiger partial charge in [-0.3, -0.25) is 0 Å². The molecule has 1 aromatic carbocycles. The first-order chi connectivity index (χ1) is 6.42. The number of furan rings is 1. The zero-order chi connectivity index (χ0) is 9.10. The zero-order valence-electron chi connectivity index (χ0n) is 6.97. The first-order valence-corrected chi connectivity index (χ1v) is 4.43. The molecule has 0 aliphatic heterocycles. The van der Waals surface area contributed by atoms with E-state index >= 15 is 0 Å². The van der Waals surface area contributed by atoms with Crippen LogP contribution in [0, 0.1) is 0 Å². The van der Waals surface area contributed by atoms with Gasteiger partial charge in [0.15, 0.2) is 0 Å². The van der Waals surface area contributed by atoms with Crippen LogP contribution in [0.4, 0.5) is 0 Å². The average molecular weight is 191 g/mol. The van der Waals surface area contributed by atoms with E-state index in [0.717, 1.165) is 23.0 Å². The number of hydrogen-bond donors (Lipinski definition) is 1. The highest BCUT2D eigenvalue weighted by Crippen LogP contribution is 2.20. The molecule has 0 saturated carbocycles. The van der Waals surface area contributed by atoms with Crippen molar-refractivity contribution >= 4 is 30.0 Å². The van der Waals surface area contributed by atoms with Crippen LogP contribution in [0.2, 0.25) is 0 Å². The van der Waals surface area contributed by atoms with Crippen LogP contribution < -0.4 is 0 Å². The molecule has 66 valence electrons. The molecule has 0 spiro atoms. The molecular formula is C10H9NOS.